The first-order valence-corrected chi connectivity index (χ1v) is 7.87. The minimum Gasteiger partial charge on any atom is -0.381 e. The average molecular weight is 279 g/mol. The van der Waals surface area contributed by atoms with Gasteiger partial charge in [0.15, 0.2) is 0 Å². The highest BCUT2D eigenvalue weighted by Crippen LogP contribution is 2.50. The van der Waals surface area contributed by atoms with Crippen molar-refractivity contribution in [1.29, 1.82) is 0 Å². The van der Waals surface area contributed by atoms with E-state index in [0.717, 1.165) is 30.8 Å². The molecular weight excluding hydrogens is 258 g/mol. The highest BCUT2D eigenvalue weighted by atomic mass is 32.1. The van der Waals surface area contributed by atoms with Gasteiger partial charge in [-0.25, -0.2) is 0 Å². The van der Waals surface area contributed by atoms with Gasteiger partial charge in [0.25, 0.3) is 5.91 Å². The second kappa shape index (κ2) is 4.91. The molecule has 3 nitrogen and oxygen atoms in total. The van der Waals surface area contributed by atoms with Crippen LogP contribution in [0.5, 0.6) is 0 Å². The van der Waals surface area contributed by atoms with Crippen LogP contribution in [0, 0.1) is 12.3 Å². The lowest BCUT2D eigenvalue weighted by molar-refractivity contribution is -0.0840. The van der Waals surface area contributed by atoms with E-state index in [2.05, 4.69) is 0 Å². The van der Waals surface area contributed by atoms with Crippen molar-refractivity contribution in [2.45, 2.75) is 38.7 Å². The number of carbonyl (C=O) groups is 1. The van der Waals surface area contributed by atoms with Crippen molar-refractivity contribution in [3.8, 4) is 0 Å². The van der Waals surface area contributed by atoms with Gasteiger partial charge < -0.3 is 9.64 Å². The second-order valence-electron chi connectivity index (χ2n) is 6.05. The largest absolute Gasteiger partial charge is 0.381 e. The molecular formula is C15H21NO2S. The number of thiophene rings is 1. The van der Waals surface area contributed by atoms with Crippen LogP contribution in [0.3, 0.4) is 0 Å². The predicted octanol–water partition coefficient (Wildman–Crippen LogP) is 3.09. The van der Waals surface area contributed by atoms with Crippen molar-refractivity contribution in [3.05, 3.63) is 21.9 Å². The van der Waals surface area contributed by atoms with E-state index in [0.29, 0.717) is 11.5 Å². The zero-order chi connectivity index (χ0) is 13.5. The first-order valence-electron chi connectivity index (χ1n) is 6.99. The summed E-state index contributed by atoms with van der Waals surface area (Å²) in [6, 6.07) is 2.00. The zero-order valence-corrected chi connectivity index (χ0v) is 12.5. The Bertz CT molecular complexity index is 466. The lowest BCUT2D eigenvalue weighted by Gasteiger charge is -2.51. The van der Waals surface area contributed by atoms with Crippen LogP contribution in [0.25, 0.3) is 0 Å². The van der Waals surface area contributed by atoms with Crippen molar-refractivity contribution in [2.75, 3.05) is 20.2 Å². The summed E-state index contributed by atoms with van der Waals surface area (Å²) in [6.07, 6.45) is 5.11. The van der Waals surface area contributed by atoms with E-state index in [1.807, 2.05) is 23.3 Å². The van der Waals surface area contributed by atoms with E-state index in [1.165, 1.54) is 18.4 Å². The van der Waals surface area contributed by atoms with Crippen LogP contribution >= 0.6 is 11.3 Å². The highest BCUT2D eigenvalue weighted by Gasteiger charge is 2.46. The fourth-order valence-electron chi connectivity index (χ4n) is 3.36. The van der Waals surface area contributed by atoms with E-state index in [9.17, 15) is 4.79 Å². The van der Waals surface area contributed by atoms with Crippen molar-refractivity contribution in [3.63, 3.8) is 0 Å². The molecule has 1 aliphatic carbocycles. The number of ether oxygens (including phenoxy) is 1. The van der Waals surface area contributed by atoms with Gasteiger partial charge in [0.2, 0.25) is 0 Å². The number of rotatable bonds is 2. The maximum atomic E-state index is 12.4. The average Bonchev–Trinajstić information content (AvgIpc) is 2.82. The van der Waals surface area contributed by atoms with Gasteiger partial charge in [-0.2, -0.15) is 0 Å². The fraction of sp³-hybridized carbons (Fsp3) is 0.667. The molecule has 0 unspecified atom stereocenters. The van der Waals surface area contributed by atoms with E-state index in [1.54, 1.807) is 18.4 Å². The van der Waals surface area contributed by atoms with Crippen LogP contribution < -0.4 is 0 Å². The molecule has 0 bridgehead atoms. The molecule has 0 aromatic carbocycles. The lowest BCUT2D eigenvalue weighted by Crippen LogP contribution is -2.50. The number of hydrogen-bond donors (Lipinski definition) is 0. The minimum absolute atomic E-state index is 0.218. The van der Waals surface area contributed by atoms with Gasteiger partial charge in [0.1, 0.15) is 0 Å². The van der Waals surface area contributed by atoms with Crippen LogP contribution in [0.2, 0.25) is 0 Å². The number of hydrogen-bond acceptors (Lipinski definition) is 3. The first-order chi connectivity index (χ1) is 9.12. The summed E-state index contributed by atoms with van der Waals surface area (Å²) in [7, 11) is 1.80. The van der Waals surface area contributed by atoms with Crippen LogP contribution in [0.4, 0.5) is 0 Å². The number of carbonyl (C=O) groups excluding carboxylic acids is 1. The molecule has 1 saturated carbocycles. The van der Waals surface area contributed by atoms with Crippen LogP contribution in [0.15, 0.2) is 11.4 Å². The molecule has 2 heterocycles. The van der Waals surface area contributed by atoms with Gasteiger partial charge in [-0.3, -0.25) is 4.79 Å². The molecule has 0 radical (unpaired) electrons. The predicted molar refractivity (Wildman–Crippen MR) is 76.7 cm³/mol. The quantitative estimate of drug-likeness (QED) is 0.832. The maximum Gasteiger partial charge on any atom is 0.263 e. The number of nitrogens with zero attached hydrogens (tertiary/aromatic N) is 1. The van der Waals surface area contributed by atoms with Crippen LogP contribution in [-0.4, -0.2) is 37.1 Å². The Morgan fingerprint density at radius 3 is 2.63 bits per heavy atom. The summed E-state index contributed by atoms with van der Waals surface area (Å²) in [5.74, 6) is 0.218. The third-order valence-corrected chi connectivity index (χ3v) is 5.74. The lowest BCUT2D eigenvalue weighted by atomic mass is 9.61. The Kier molecular flexibility index (Phi) is 3.39. The third kappa shape index (κ3) is 2.43. The van der Waals surface area contributed by atoms with Crippen LogP contribution in [0.1, 0.15) is 40.9 Å². The maximum absolute atomic E-state index is 12.4. The molecule has 4 heteroatoms. The van der Waals surface area contributed by atoms with E-state index in [4.69, 9.17) is 4.74 Å². The molecule has 2 fully saturated rings. The third-order valence-electron chi connectivity index (χ3n) is 4.71. The Hall–Kier alpha value is -0.870. The number of methoxy groups -OCH3 is 1. The number of aryl methyl sites for hydroxylation is 1. The molecule has 0 atom stereocenters. The van der Waals surface area contributed by atoms with Crippen LogP contribution in [-0.2, 0) is 4.74 Å². The van der Waals surface area contributed by atoms with E-state index >= 15 is 0 Å². The zero-order valence-electron chi connectivity index (χ0n) is 11.6. The van der Waals surface area contributed by atoms with Crippen molar-refractivity contribution >= 4 is 17.2 Å². The number of likely N-dealkylation sites (tertiary alicyclic amines) is 1. The Labute approximate surface area is 118 Å². The SMILES string of the molecule is COC1CC2(CCN(C(=O)c3cc(C)cs3)CC2)C1. The fourth-order valence-corrected chi connectivity index (χ4v) is 4.23. The summed E-state index contributed by atoms with van der Waals surface area (Å²) < 4.78 is 5.38. The molecule has 1 aromatic heterocycles. The number of amides is 1. The second-order valence-corrected chi connectivity index (χ2v) is 6.96. The standard InChI is InChI=1S/C15H21NO2S/c1-11-7-13(19-10-11)14(17)16-5-3-15(4-6-16)8-12(9-15)18-2/h7,10,12H,3-6,8-9H2,1-2H3. The van der Waals surface area contributed by atoms with Gasteiger partial charge in [-0.15, -0.1) is 11.3 Å². The Morgan fingerprint density at radius 1 is 1.42 bits per heavy atom. The van der Waals surface area contributed by atoms with Gasteiger partial charge in [-0.05, 0) is 55.0 Å². The minimum atomic E-state index is 0.218. The van der Waals surface area contributed by atoms with Crippen molar-refractivity contribution < 1.29 is 9.53 Å². The highest BCUT2D eigenvalue weighted by molar-refractivity contribution is 7.12. The van der Waals surface area contributed by atoms with Gasteiger partial charge in [0, 0.05) is 20.2 Å². The molecule has 3 rings (SSSR count). The molecule has 1 saturated heterocycles. The Morgan fingerprint density at radius 2 is 2.11 bits per heavy atom. The monoisotopic (exact) mass is 279 g/mol. The molecule has 1 spiro atoms. The Balaban J connectivity index is 1.57. The molecule has 0 N–H and O–H groups in total. The summed E-state index contributed by atoms with van der Waals surface area (Å²) >= 11 is 1.56. The normalized spacial score (nSPS) is 22.5. The van der Waals surface area contributed by atoms with Gasteiger partial charge in [0.05, 0.1) is 11.0 Å². The van der Waals surface area contributed by atoms with E-state index in [-0.39, 0.29) is 5.91 Å². The van der Waals surface area contributed by atoms with Crippen molar-refractivity contribution in [2.24, 2.45) is 5.41 Å². The molecule has 1 aliphatic heterocycles. The van der Waals surface area contributed by atoms with Crippen molar-refractivity contribution in [1.82, 2.24) is 4.90 Å². The first kappa shape index (κ1) is 13.1. The van der Waals surface area contributed by atoms with Gasteiger partial charge in [-0.1, -0.05) is 0 Å². The summed E-state index contributed by atoms with van der Waals surface area (Å²) in [4.78, 5) is 15.3. The smallest absolute Gasteiger partial charge is 0.263 e. The summed E-state index contributed by atoms with van der Waals surface area (Å²) in [5.41, 5.74) is 1.66. The summed E-state index contributed by atoms with van der Waals surface area (Å²) in [6.45, 7) is 3.86. The van der Waals surface area contributed by atoms with E-state index < -0.39 is 0 Å². The topological polar surface area (TPSA) is 29.5 Å². The molecule has 104 valence electrons. The molecule has 19 heavy (non-hydrogen) atoms. The summed E-state index contributed by atoms with van der Waals surface area (Å²) in [5, 5.41) is 2.05. The molecule has 1 aromatic rings. The number of piperidine rings is 1. The molecule has 2 aliphatic rings. The van der Waals surface area contributed by atoms with Gasteiger partial charge >= 0.3 is 0 Å². The molecule has 1 amide bonds.